The molecule has 0 saturated carbocycles. The maximum absolute atomic E-state index is 12.9. The minimum atomic E-state index is -4.95. The van der Waals surface area contributed by atoms with E-state index in [4.69, 9.17) is 12.2 Å². The topological polar surface area (TPSA) is 44.3 Å². The van der Waals surface area contributed by atoms with Crippen molar-refractivity contribution in [2.45, 2.75) is 30.9 Å². The zero-order valence-electron chi connectivity index (χ0n) is 14.0. The molecule has 2 atom stereocenters. The average Bonchev–Trinajstić information content (AvgIpc) is 2.88. The van der Waals surface area contributed by atoms with Gasteiger partial charge in [-0.2, -0.15) is 26.3 Å². The average molecular weight is 420 g/mol. The summed E-state index contributed by atoms with van der Waals surface area (Å²) in [5, 5.41) is 15.1. The number of benzene rings is 2. The molecule has 28 heavy (non-hydrogen) atoms. The SMILES string of the molecule is O[C@H]1Cc2ccccc2[C@@H]1NC(=S)Nc1cc(C(F)(F)F)cc(C(F)(F)F)c1. The summed E-state index contributed by atoms with van der Waals surface area (Å²) in [6, 6.07) is 7.64. The number of fused-ring (bicyclic) bond motifs is 1. The van der Waals surface area contributed by atoms with Gasteiger partial charge in [0.2, 0.25) is 0 Å². The first-order valence-corrected chi connectivity index (χ1v) is 8.49. The molecule has 2 aromatic rings. The predicted molar refractivity (Wildman–Crippen MR) is 94.7 cm³/mol. The maximum Gasteiger partial charge on any atom is 0.416 e. The largest absolute Gasteiger partial charge is 0.416 e. The van der Waals surface area contributed by atoms with E-state index in [1.807, 2.05) is 6.07 Å². The lowest BCUT2D eigenvalue weighted by atomic mass is 10.1. The van der Waals surface area contributed by atoms with Crippen molar-refractivity contribution in [2.24, 2.45) is 0 Å². The van der Waals surface area contributed by atoms with Crippen LogP contribution in [0.5, 0.6) is 0 Å². The van der Waals surface area contributed by atoms with Crippen molar-refractivity contribution < 1.29 is 31.4 Å². The van der Waals surface area contributed by atoms with Crippen molar-refractivity contribution in [2.75, 3.05) is 5.32 Å². The number of alkyl halides is 6. The molecule has 0 saturated heterocycles. The summed E-state index contributed by atoms with van der Waals surface area (Å²) in [7, 11) is 0. The van der Waals surface area contributed by atoms with Crippen LogP contribution in [0.2, 0.25) is 0 Å². The molecule has 3 rings (SSSR count). The van der Waals surface area contributed by atoms with E-state index in [2.05, 4.69) is 10.6 Å². The van der Waals surface area contributed by atoms with Gasteiger partial charge < -0.3 is 15.7 Å². The monoisotopic (exact) mass is 420 g/mol. The highest BCUT2D eigenvalue weighted by Crippen LogP contribution is 2.37. The van der Waals surface area contributed by atoms with Gasteiger partial charge >= 0.3 is 12.4 Å². The molecule has 2 aromatic carbocycles. The number of hydrogen-bond donors (Lipinski definition) is 3. The third-order valence-electron chi connectivity index (χ3n) is 4.34. The summed E-state index contributed by atoms with van der Waals surface area (Å²) >= 11 is 5.03. The third-order valence-corrected chi connectivity index (χ3v) is 4.56. The summed E-state index contributed by atoms with van der Waals surface area (Å²) in [5.41, 5.74) is -1.70. The van der Waals surface area contributed by atoms with Crippen molar-refractivity contribution in [3.8, 4) is 0 Å². The van der Waals surface area contributed by atoms with E-state index in [1.165, 1.54) is 0 Å². The second-order valence-electron chi connectivity index (χ2n) is 6.34. The van der Waals surface area contributed by atoms with Gasteiger partial charge in [-0.15, -0.1) is 0 Å². The van der Waals surface area contributed by atoms with E-state index in [9.17, 15) is 31.4 Å². The first-order chi connectivity index (χ1) is 12.9. The maximum atomic E-state index is 12.9. The van der Waals surface area contributed by atoms with Crippen molar-refractivity contribution in [3.63, 3.8) is 0 Å². The molecule has 3 N–H and O–H groups in total. The van der Waals surface area contributed by atoms with Crippen LogP contribution in [0.25, 0.3) is 0 Å². The van der Waals surface area contributed by atoms with Gasteiger partial charge in [0.05, 0.1) is 23.3 Å². The second-order valence-corrected chi connectivity index (χ2v) is 6.75. The second kappa shape index (κ2) is 7.25. The standard InChI is InChI=1S/C18H14F6N2OS/c19-17(20,21)10-6-11(18(22,23)24)8-12(7-10)25-16(28)26-15-13-4-2-1-3-9(13)5-14(15)27/h1-4,6-8,14-15,27H,5H2,(H2,25,26,28)/t14-,15-/m0/s1. The number of aliphatic hydroxyl groups is 1. The smallest absolute Gasteiger partial charge is 0.390 e. The van der Waals surface area contributed by atoms with Gasteiger partial charge in [-0.1, -0.05) is 24.3 Å². The van der Waals surface area contributed by atoms with Crippen LogP contribution in [0, 0.1) is 0 Å². The molecular formula is C18H14F6N2OS. The molecule has 0 radical (unpaired) electrons. The lowest BCUT2D eigenvalue weighted by Gasteiger charge is -2.21. The van der Waals surface area contributed by atoms with Crippen LogP contribution >= 0.6 is 12.2 Å². The van der Waals surface area contributed by atoms with Crippen molar-refractivity contribution in [3.05, 3.63) is 64.7 Å². The van der Waals surface area contributed by atoms with Gasteiger partial charge in [0.1, 0.15) is 0 Å². The number of halogens is 6. The lowest BCUT2D eigenvalue weighted by Crippen LogP contribution is -2.36. The molecule has 0 amide bonds. The highest BCUT2D eigenvalue weighted by atomic mass is 32.1. The lowest BCUT2D eigenvalue weighted by molar-refractivity contribution is -0.143. The van der Waals surface area contributed by atoms with Crippen LogP contribution in [-0.4, -0.2) is 16.3 Å². The van der Waals surface area contributed by atoms with E-state index < -0.39 is 41.3 Å². The van der Waals surface area contributed by atoms with Gasteiger partial charge in [0, 0.05) is 12.1 Å². The summed E-state index contributed by atoms with van der Waals surface area (Å²) in [5.74, 6) is 0. The number of nitrogens with one attached hydrogen (secondary N) is 2. The quantitative estimate of drug-likeness (QED) is 0.488. The zero-order valence-corrected chi connectivity index (χ0v) is 14.8. The zero-order chi connectivity index (χ0) is 20.7. The van der Waals surface area contributed by atoms with Crippen LogP contribution in [0.3, 0.4) is 0 Å². The Morgan fingerprint density at radius 2 is 1.54 bits per heavy atom. The molecule has 0 spiro atoms. The molecule has 0 fully saturated rings. The number of aliphatic hydroxyl groups excluding tert-OH is 1. The Labute approximate surface area is 161 Å². The van der Waals surface area contributed by atoms with E-state index in [0.29, 0.717) is 18.6 Å². The third kappa shape index (κ3) is 4.39. The van der Waals surface area contributed by atoms with Gasteiger partial charge in [-0.25, -0.2) is 0 Å². The van der Waals surface area contributed by atoms with Crippen LogP contribution in [0.4, 0.5) is 32.0 Å². The Balaban J connectivity index is 1.82. The van der Waals surface area contributed by atoms with E-state index in [1.54, 1.807) is 18.2 Å². The Morgan fingerprint density at radius 3 is 2.11 bits per heavy atom. The molecule has 0 bridgehead atoms. The first-order valence-electron chi connectivity index (χ1n) is 8.08. The summed E-state index contributed by atoms with van der Waals surface area (Å²) in [6.07, 6.45) is -10.4. The van der Waals surface area contributed by atoms with Crippen molar-refractivity contribution in [1.82, 2.24) is 5.32 Å². The van der Waals surface area contributed by atoms with Crippen molar-refractivity contribution in [1.29, 1.82) is 0 Å². The Morgan fingerprint density at radius 1 is 0.964 bits per heavy atom. The Hall–Kier alpha value is -2.33. The van der Waals surface area contributed by atoms with E-state index in [0.717, 1.165) is 11.1 Å². The molecule has 0 unspecified atom stereocenters. The normalized spacial score (nSPS) is 19.2. The molecule has 10 heteroatoms. The molecule has 1 aliphatic carbocycles. The van der Waals surface area contributed by atoms with E-state index in [-0.39, 0.29) is 11.2 Å². The molecule has 0 aliphatic heterocycles. The van der Waals surface area contributed by atoms with Gasteiger partial charge in [0.15, 0.2) is 5.11 Å². The molecular weight excluding hydrogens is 406 g/mol. The fraction of sp³-hybridized carbons (Fsp3) is 0.278. The molecule has 3 nitrogen and oxygen atoms in total. The number of anilines is 1. The highest BCUT2D eigenvalue weighted by molar-refractivity contribution is 7.80. The Bertz CT molecular complexity index is 864. The minimum absolute atomic E-state index is 0.0403. The van der Waals surface area contributed by atoms with Crippen molar-refractivity contribution >= 4 is 23.0 Å². The number of thiocarbonyl (C=S) groups is 1. The van der Waals surface area contributed by atoms with Gasteiger partial charge in [-0.3, -0.25) is 0 Å². The minimum Gasteiger partial charge on any atom is -0.390 e. The van der Waals surface area contributed by atoms with Crippen LogP contribution in [-0.2, 0) is 18.8 Å². The molecule has 0 aromatic heterocycles. The van der Waals surface area contributed by atoms with Crippen LogP contribution in [0.15, 0.2) is 42.5 Å². The van der Waals surface area contributed by atoms with Gasteiger partial charge in [0.25, 0.3) is 0 Å². The fourth-order valence-corrected chi connectivity index (χ4v) is 3.33. The summed E-state index contributed by atoms with van der Waals surface area (Å²) in [4.78, 5) is 0. The predicted octanol–water partition coefficient (Wildman–Crippen LogP) is 4.67. The number of hydrogen-bond acceptors (Lipinski definition) is 2. The van der Waals surface area contributed by atoms with Gasteiger partial charge in [-0.05, 0) is 41.5 Å². The van der Waals surface area contributed by atoms with Crippen LogP contribution < -0.4 is 10.6 Å². The molecule has 0 heterocycles. The highest BCUT2D eigenvalue weighted by Gasteiger charge is 2.37. The molecule has 150 valence electrons. The molecule has 1 aliphatic rings. The fourth-order valence-electron chi connectivity index (χ4n) is 3.08. The number of rotatable bonds is 2. The summed E-state index contributed by atoms with van der Waals surface area (Å²) in [6.45, 7) is 0. The first kappa shape index (κ1) is 20.4. The van der Waals surface area contributed by atoms with Crippen LogP contribution in [0.1, 0.15) is 28.3 Å². The summed E-state index contributed by atoms with van der Waals surface area (Å²) < 4.78 is 77.6. The van der Waals surface area contributed by atoms with E-state index >= 15 is 0 Å². The Kier molecular flexibility index (Phi) is 5.28.